The first kappa shape index (κ1) is 15.8. The van der Waals surface area contributed by atoms with Crippen molar-refractivity contribution in [2.75, 3.05) is 11.9 Å². The SMILES string of the molecule is CC(O)(CNc1nc(-c2ccccn2)nc2c1CCC2)c1ccco1. The van der Waals surface area contributed by atoms with Crippen LogP contribution in [0.1, 0.15) is 30.4 Å². The molecular weight excluding hydrogens is 316 g/mol. The molecule has 2 N–H and O–H groups in total. The average molecular weight is 336 g/mol. The predicted molar refractivity (Wildman–Crippen MR) is 94.1 cm³/mol. The van der Waals surface area contributed by atoms with Crippen molar-refractivity contribution in [1.29, 1.82) is 0 Å². The molecule has 0 saturated carbocycles. The molecule has 4 rings (SSSR count). The van der Waals surface area contributed by atoms with E-state index in [1.165, 1.54) is 0 Å². The van der Waals surface area contributed by atoms with E-state index >= 15 is 0 Å². The van der Waals surface area contributed by atoms with Crippen LogP contribution < -0.4 is 5.32 Å². The topological polar surface area (TPSA) is 84.1 Å². The Morgan fingerprint density at radius 1 is 1.20 bits per heavy atom. The summed E-state index contributed by atoms with van der Waals surface area (Å²) in [6.07, 6.45) is 6.26. The number of aryl methyl sites for hydroxylation is 1. The van der Waals surface area contributed by atoms with Crippen LogP contribution in [0.25, 0.3) is 11.5 Å². The number of furan rings is 1. The normalized spacial score (nSPS) is 15.6. The summed E-state index contributed by atoms with van der Waals surface area (Å²) in [5.41, 5.74) is 1.83. The van der Waals surface area contributed by atoms with Gasteiger partial charge in [-0.15, -0.1) is 0 Å². The zero-order valence-electron chi connectivity index (χ0n) is 14.1. The molecule has 0 spiro atoms. The van der Waals surface area contributed by atoms with Crippen molar-refractivity contribution in [1.82, 2.24) is 15.0 Å². The fraction of sp³-hybridized carbons (Fsp3) is 0.316. The Bertz CT molecular complexity index is 861. The first-order valence-electron chi connectivity index (χ1n) is 8.45. The fourth-order valence-corrected chi connectivity index (χ4v) is 3.12. The molecule has 0 bridgehead atoms. The highest BCUT2D eigenvalue weighted by atomic mass is 16.4. The molecule has 0 amide bonds. The molecule has 128 valence electrons. The molecule has 0 aliphatic heterocycles. The van der Waals surface area contributed by atoms with Gasteiger partial charge in [0, 0.05) is 17.5 Å². The molecule has 6 nitrogen and oxygen atoms in total. The van der Waals surface area contributed by atoms with E-state index in [1.807, 2.05) is 18.2 Å². The first-order valence-corrected chi connectivity index (χ1v) is 8.45. The zero-order chi connectivity index (χ0) is 17.3. The lowest BCUT2D eigenvalue weighted by Crippen LogP contribution is -2.31. The minimum atomic E-state index is -1.12. The molecular formula is C19H20N4O2. The van der Waals surface area contributed by atoms with E-state index in [4.69, 9.17) is 4.42 Å². The highest BCUT2D eigenvalue weighted by Gasteiger charge is 2.28. The highest BCUT2D eigenvalue weighted by Crippen LogP contribution is 2.30. The van der Waals surface area contributed by atoms with Gasteiger partial charge in [0.05, 0.1) is 12.8 Å². The van der Waals surface area contributed by atoms with Gasteiger partial charge >= 0.3 is 0 Å². The van der Waals surface area contributed by atoms with Crippen LogP contribution in [0, 0.1) is 0 Å². The average Bonchev–Trinajstić information content (AvgIpc) is 3.32. The van der Waals surface area contributed by atoms with Crippen LogP contribution in [0.15, 0.2) is 47.2 Å². The van der Waals surface area contributed by atoms with E-state index in [0.717, 1.165) is 42.0 Å². The van der Waals surface area contributed by atoms with Crippen LogP contribution in [0.2, 0.25) is 0 Å². The molecule has 0 fully saturated rings. The van der Waals surface area contributed by atoms with Gasteiger partial charge in [-0.25, -0.2) is 9.97 Å². The molecule has 1 aliphatic carbocycles. The van der Waals surface area contributed by atoms with Gasteiger partial charge in [-0.05, 0) is 50.5 Å². The Labute approximate surface area is 146 Å². The third-order valence-corrected chi connectivity index (χ3v) is 4.48. The van der Waals surface area contributed by atoms with Crippen molar-refractivity contribution >= 4 is 5.82 Å². The number of nitrogens with one attached hydrogen (secondary N) is 1. The van der Waals surface area contributed by atoms with Crippen molar-refractivity contribution in [3.63, 3.8) is 0 Å². The summed E-state index contributed by atoms with van der Waals surface area (Å²) >= 11 is 0. The van der Waals surface area contributed by atoms with E-state index in [2.05, 4.69) is 20.3 Å². The maximum atomic E-state index is 10.7. The van der Waals surface area contributed by atoms with Gasteiger partial charge < -0.3 is 14.8 Å². The monoisotopic (exact) mass is 336 g/mol. The molecule has 6 heteroatoms. The number of anilines is 1. The molecule has 0 saturated heterocycles. The molecule has 3 heterocycles. The zero-order valence-corrected chi connectivity index (χ0v) is 14.1. The van der Waals surface area contributed by atoms with Crippen molar-refractivity contribution in [3.05, 3.63) is 59.8 Å². The lowest BCUT2D eigenvalue weighted by Gasteiger charge is -2.22. The minimum absolute atomic E-state index is 0.297. The van der Waals surface area contributed by atoms with Crippen molar-refractivity contribution in [2.24, 2.45) is 0 Å². The summed E-state index contributed by atoms with van der Waals surface area (Å²) in [4.78, 5) is 13.7. The molecule has 3 aromatic rings. The van der Waals surface area contributed by atoms with E-state index < -0.39 is 5.60 Å². The van der Waals surface area contributed by atoms with Gasteiger partial charge in [0.2, 0.25) is 0 Å². The molecule has 1 unspecified atom stereocenters. The Hall–Kier alpha value is -2.73. The second kappa shape index (κ2) is 6.29. The summed E-state index contributed by atoms with van der Waals surface area (Å²) in [6.45, 7) is 2.02. The van der Waals surface area contributed by atoms with Crippen LogP contribution in [0.3, 0.4) is 0 Å². The Morgan fingerprint density at radius 3 is 2.88 bits per heavy atom. The summed E-state index contributed by atoms with van der Waals surface area (Å²) in [5.74, 6) is 1.91. The standard InChI is InChI=1S/C19H20N4O2/c1-19(24,16-9-5-11-25-16)12-21-17-13-6-4-8-14(13)22-18(23-17)15-7-2-3-10-20-15/h2-3,5,7,9-11,24H,4,6,8,12H2,1H3,(H,21,22,23). The Kier molecular flexibility index (Phi) is 3.97. The van der Waals surface area contributed by atoms with Crippen molar-refractivity contribution < 1.29 is 9.52 Å². The molecule has 25 heavy (non-hydrogen) atoms. The van der Waals surface area contributed by atoms with E-state index in [0.29, 0.717) is 18.1 Å². The van der Waals surface area contributed by atoms with Gasteiger partial charge in [-0.2, -0.15) is 0 Å². The number of rotatable bonds is 5. The van der Waals surface area contributed by atoms with Crippen LogP contribution in [-0.2, 0) is 18.4 Å². The minimum Gasteiger partial charge on any atom is -0.466 e. The molecule has 0 radical (unpaired) electrons. The van der Waals surface area contributed by atoms with Crippen molar-refractivity contribution in [3.8, 4) is 11.5 Å². The number of aliphatic hydroxyl groups is 1. The summed E-state index contributed by atoms with van der Waals surface area (Å²) < 4.78 is 5.34. The molecule has 3 aromatic heterocycles. The van der Waals surface area contributed by atoms with Gasteiger partial charge in [-0.3, -0.25) is 4.98 Å². The maximum Gasteiger partial charge on any atom is 0.180 e. The van der Waals surface area contributed by atoms with Gasteiger partial charge in [0.25, 0.3) is 0 Å². The number of hydrogen-bond acceptors (Lipinski definition) is 6. The second-order valence-electron chi connectivity index (χ2n) is 6.49. The predicted octanol–water partition coefficient (Wildman–Crippen LogP) is 2.94. The molecule has 1 atom stereocenters. The fourth-order valence-electron chi connectivity index (χ4n) is 3.12. The van der Waals surface area contributed by atoms with Crippen LogP contribution in [-0.4, -0.2) is 26.6 Å². The molecule has 0 aromatic carbocycles. The third-order valence-electron chi connectivity index (χ3n) is 4.48. The smallest absolute Gasteiger partial charge is 0.180 e. The lowest BCUT2D eigenvalue weighted by molar-refractivity contribution is 0.0475. The highest BCUT2D eigenvalue weighted by molar-refractivity contribution is 5.57. The largest absolute Gasteiger partial charge is 0.466 e. The number of fused-ring (bicyclic) bond motifs is 1. The maximum absolute atomic E-state index is 10.7. The summed E-state index contributed by atoms with van der Waals surface area (Å²) in [6, 6.07) is 9.24. The van der Waals surface area contributed by atoms with E-state index in [-0.39, 0.29) is 0 Å². The number of hydrogen-bond donors (Lipinski definition) is 2. The van der Waals surface area contributed by atoms with Gasteiger partial charge in [-0.1, -0.05) is 6.07 Å². The lowest BCUT2D eigenvalue weighted by atomic mass is 10.0. The molecule has 1 aliphatic rings. The quantitative estimate of drug-likeness (QED) is 0.745. The van der Waals surface area contributed by atoms with Crippen LogP contribution in [0.5, 0.6) is 0 Å². The first-order chi connectivity index (χ1) is 12.1. The van der Waals surface area contributed by atoms with Crippen LogP contribution in [0.4, 0.5) is 5.82 Å². The number of pyridine rings is 1. The third kappa shape index (κ3) is 3.13. The van der Waals surface area contributed by atoms with E-state index in [1.54, 1.807) is 31.5 Å². The second-order valence-corrected chi connectivity index (χ2v) is 6.49. The summed E-state index contributed by atoms with van der Waals surface area (Å²) in [5, 5.41) is 14.0. The Morgan fingerprint density at radius 2 is 2.12 bits per heavy atom. The van der Waals surface area contributed by atoms with E-state index in [9.17, 15) is 5.11 Å². The van der Waals surface area contributed by atoms with Gasteiger partial charge in [0.15, 0.2) is 5.82 Å². The summed E-state index contributed by atoms with van der Waals surface area (Å²) in [7, 11) is 0. The Balaban J connectivity index is 1.64. The van der Waals surface area contributed by atoms with Crippen LogP contribution >= 0.6 is 0 Å². The van der Waals surface area contributed by atoms with Crippen molar-refractivity contribution in [2.45, 2.75) is 31.8 Å². The number of nitrogens with zero attached hydrogens (tertiary/aromatic N) is 3. The van der Waals surface area contributed by atoms with Gasteiger partial charge in [0.1, 0.15) is 22.9 Å². The number of aromatic nitrogens is 3.